The molecule has 0 atom stereocenters. The summed E-state index contributed by atoms with van der Waals surface area (Å²) in [6, 6.07) is 21.5. The number of benzene rings is 3. The fraction of sp³-hybridized carbons (Fsp3) is 0. The predicted molar refractivity (Wildman–Crippen MR) is 112 cm³/mol. The molecule has 0 aliphatic heterocycles. The van der Waals surface area contributed by atoms with E-state index >= 15 is 0 Å². The van der Waals surface area contributed by atoms with Crippen molar-refractivity contribution in [3.63, 3.8) is 0 Å². The van der Waals surface area contributed by atoms with Crippen LogP contribution in [0.25, 0.3) is 28.2 Å². The molecule has 0 unspecified atom stereocenters. The Hall–Kier alpha value is -2.14. The number of nitrogens with zero attached hydrogens (tertiary/aromatic N) is 2. The largest absolute Gasteiger partial charge is 0.231 e. The van der Waals surface area contributed by atoms with Crippen LogP contribution < -0.4 is 0 Å². The average Bonchev–Trinajstić information content (AvgIpc) is 3.08. The van der Waals surface area contributed by atoms with E-state index in [1.165, 1.54) is 12.1 Å². The molecule has 0 N–H and O–H groups in total. The number of rotatable bonds is 3. The summed E-state index contributed by atoms with van der Waals surface area (Å²) >= 11 is 15.5. The van der Waals surface area contributed by atoms with Crippen molar-refractivity contribution in [1.29, 1.82) is 0 Å². The van der Waals surface area contributed by atoms with Crippen molar-refractivity contribution < 1.29 is 4.39 Å². The van der Waals surface area contributed by atoms with E-state index in [0.29, 0.717) is 14.5 Å². The molecule has 4 aromatic rings. The molecule has 6 heteroatoms. The maximum absolute atomic E-state index is 13.6. The summed E-state index contributed by atoms with van der Waals surface area (Å²) in [4.78, 5) is 0. The lowest BCUT2D eigenvalue weighted by Crippen LogP contribution is -2.00. The molecule has 1 aromatic heterocycles. The molecule has 1 heterocycles. The van der Waals surface area contributed by atoms with Gasteiger partial charge >= 0.3 is 0 Å². The van der Waals surface area contributed by atoms with E-state index in [1.54, 1.807) is 10.7 Å². The van der Waals surface area contributed by atoms with Crippen LogP contribution in [0.15, 0.2) is 77.3 Å². The van der Waals surface area contributed by atoms with Crippen molar-refractivity contribution in [2.24, 2.45) is 0 Å². The Morgan fingerprint density at radius 1 is 0.778 bits per heavy atom. The van der Waals surface area contributed by atoms with Crippen LogP contribution in [0, 0.1) is 5.82 Å². The lowest BCUT2D eigenvalue weighted by Gasteiger charge is -2.10. The quantitative estimate of drug-likeness (QED) is 0.310. The van der Waals surface area contributed by atoms with Gasteiger partial charge in [-0.2, -0.15) is 5.10 Å². The van der Waals surface area contributed by atoms with E-state index in [4.69, 9.17) is 28.3 Å². The first-order valence-electron chi connectivity index (χ1n) is 8.08. The highest BCUT2D eigenvalue weighted by atomic mass is 79.9. The Bertz CT molecular complexity index is 1110. The highest BCUT2D eigenvalue weighted by Crippen LogP contribution is 2.32. The van der Waals surface area contributed by atoms with E-state index in [-0.39, 0.29) is 5.82 Å². The third kappa shape index (κ3) is 3.79. The van der Waals surface area contributed by atoms with Crippen molar-refractivity contribution in [3.05, 3.63) is 93.1 Å². The zero-order valence-corrected chi connectivity index (χ0v) is 16.9. The first-order valence-corrected chi connectivity index (χ1v) is 9.63. The molecular weight excluding hydrogens is 450 g/mol. The molecule has 0 aliphatic carbocycles. The van der Waals surface area contributed by atoms with Gasteiger partial charge in [-0.05, 0) is 64.5 Å². The van der Waals surface area contributed by atoms with Crippen LogP contribution in [-0.2, 0) is 0 Å². The Labute approximate surface area is 174 Å². The van der Waals surface area contributed by atoms with Gasteiger partial charge in [0, 0.05) is 25.6 Å². The molecule has 27 heavy (non-hydrogen) atoms. The van der Waals surface area contributed by atoms with E-state index in [1.807, 2.05) is 54.6 Å². The van der Waals surface area contributed by atoms with Crippen molar-refractivity contribution >= 4 is 39.1 Å². The second-order valence-electron chi connectivity index (χ2n) is 5.94. The van der Waals surface area contributed by atoms with Crippen LogP contribution in [-0.4, -0.2) is 9.78 Å². The summed E-state index contributed by atoms with van der Waals surface area (Å²) in [5.74, 6) is -0.316. The summed E-state index contributed by atoms with van der Waals surface area (Å²) < 4.78 is 16.0. The van der Waals surface area contributed by atoms with Crippen LogP contribution in [0.4, 0.5) is 4.39 Å². The summed E-state index contributed by atoms with van der Waals surface area (Å²) in [7, 11) is 0. The molecule has 0 radical (unpaired) electrons. The van der Waals surface area contributed by atoms with Gasteiger partial charge < -0.3 is 0 Å². The molecule has 4 rings (SSSR count). The minimum absolute atomic E-state index is 0.316. The topological polar surface area (TPSA) is 17.8 Å². The van der Waals surface area contributed by atoms with Crippen LogP contribution >= 0.6 is 39.1 Å². The first kappa shape index (κ1) is 18.2. The second-order valence-corrected chi connectivity index (χ2v) is 7.66. The number of aromatic nitrogens is 2. The zero-order valence-electron chi connectivity index (χ0n) is 13.8. The summed E-state index contributed by atoms with van der Waals surface area (Å²) in [5.41, 5.74) is 4.27. The highest BCUT2D eigenvalue weighted by Gasteiger charge is 2.15. The molecule has 2 nitrogen and oxygen atoms in total. The van der Waals surface area contributed by atoms with E-state index in [0.717, 1.165) is 28.2 Å². The zero-order chi connectivity index (χ0) is 19.0. The molecule has 0 bridgehead atoms. The van der Waals surface area contributed by atoms with Crippen molar-refractivity contribution in [1.82, 2.24) is 9.78 Å². The van der Waals surface area contributed by atoms with E-state index in [2.05, 4.69) is 15.9 Å². The molecule has 0 amide bonds. The third-order valence-electron chi connectivity index (χ3n) is 4.13. The van der Waals surface area contributed by atoms with E-state index < -0.39 is 0 Å². The van der Waals surface area contributed by atoms with Crippen molar-refractivity contribution in [3.8, 4) is 28.2 Å². The molecule has 3 aromatic carbocycles. The van der Waals surface area contributed by atoms with Crippen LogP contribution in [0.1, 0.15) is 0 Å². The van der Waals surface area contributed by atoms with E-state index in [9.17, 15) is 4.39 Å². The lowest BCUT2D eigenvalue weighted by atomic mass is 10.1. The summed E-state index contributed by atoms with van der Waals surface area (Å²) in [6.07, 6.45) is 0. The SMILES string of the molecule is Fc1ccc(-n2nc(-c3ccc(Cl)cc3)cc2-c2ccc(Cl)cc2)c(Br)c1. The molecule has 0 aliphatic rings. The Morgan fingerprint density at radius 2 is 1.37 bits per heavy atom. The Morgan fingerprint density at radius 3 is 1.96 bits per heavy atom. The number of hydrogen-bond donors (Lipinski definition) is 0. The average molecular weight is 462 g/mol. The molecule has 0 saturated carbocycles. The summed E-state index contributed by atoms with van der Waals surface area (Å²) in [5, 5.41) is 6.08. The fourth-order valence-corrected chi connectivity index (χ4v) is 3.58. The van der Waals surface area contributed by atoms with Gasteiger partial charge in [-0.15, -0.1) is 0 Å². The van der Waals surface area contributed by atoms with Crippen LogP contribution in [0.5, 0.6) is 0 Å². The molecular formula is C21H12BrCl2FN2. The molecule has 0 saturated heterocycles. The standard InChI is InChI=1S/C21H12BrCl2FN2/c22-18-11-17(25)9-10-20(18)27-21(14-3-7-16(24)8-4-14)12-19(26-27)13-1-5-15(23)6-2-13/h1-12H. The molecule has 0 fully saturated rings. The minimum atomic E-state index is -0.316. The normalized spacial score (nSPS) is 11.0. The Balaban J connectivity index is 1.92. The smallest absolute Gasteiger partial charge is 0.124 e. The molecule has 0 spiro atoms. The third-order valence-corrected chi connectivity index (χ3v) is 5.27. The fourth-order valence-electron chi connectivity index (χ4n) is 2.81. The summed E-state index contributed by atoms with van der Waals surface area (Å²) in [6.45, 7) is 0. The van der Waals surface area contributed by atoms with Crippen LogP contribution in [0.3, 0.4) is 0 Å². The van der Waals surface area contributed by atoms with Crippen molar-refractivity contribution in [2.75, 3.05) is 0 Å². The predicted octanol–water partition coefficient (Wildman–Crippen LogP) is 7.41. The second kappa shape index (κ2) is 7.47. The van der Waals surface area contributed by atoms with Crippen molar-refractivity contribution in [2.45, 2.75) is 0 Å². The molecule has 134 valence electrons. The maximum atomic E-state index is 13.6. The van der Waals surface area contributed by atoms with Gasteiger partial charge in [0.2, 0.25) is 0 Å². The lowest BCUT2D eigenvalue weighted by molar-refractivity contribution is 0.626. The van der Waals surface area contributed by atoms with Gasteiger partial charge in [-0.1, -0.05) is 47.5 Å². The van der Waals surface area contributed by atoms with Gasteiger partial charge in [-0.3, -0.25) is 0 Å². The van der Waals surface area contributed by atoms with Gasteiger partial charge in [-0.25, -0.2) is 9.07 Å². The monoisotopic (exact) mass is 460 g/mol. The van der Waals surface area contributed by atoms with Crippen LogP contribution in [0.2, 0.25) is 10.0 Å². The maximum Gasteiger partial charge on any atom is 0.124 e. The Kier molecular flexibility index (Phi) is 5.04. The number of hydrogen-bond acceptors (Lipinski definition) is 1. The highest BCUT2D eigenvalue weighted by molar-refractivity contribution is 9.10. The minimum Gasteiger partial charge on any atom is -0.231 e. The number of halogens is 4. The first-order chi connectivity index (χ1) is 13.0. The van der Waals surface area contributed by atoms with Gasteiger partial charge in [0.25, 0.3) is 0 Å². The van der Waals surface area contributed by atoms with Gasteiger partial charge in [0.1, 0.15) is 5.82 Å². The van der Waals surface area contributed by atoms with Gasteiger partial charge in [0.15, 0.2) is 0 Å². The van der Waals surface area contributed by atoms with Gasteiger partial charge in [0.05, 0.1) is 17.1 Å².